The summed E-state index contributed by atoms with van der Waals surface area (Å²) in [5.41, 5.74) is 2.49. The first kappa shape index (κ1) is 15.3. The standard InChI is InChI=1S/C20H23N3/c1-2-13-21-20(18-9-5-3-6-10-18)23-16-14-22(15-17-23)19-11-7-4-8-12-19/h2-12H,1,13-17H2. The molecule has 2 aromatic carbocycles. The van der Waals surface area contributed by atoms with E-state index in [0.717, 1.165) is 32.0 Å². The monoisotopic (exact) mass is 305 g/mol. The molecule has 0 bridgehead atoms. The zero-order valence-electron chi connectivity index (χ0n) is 13.4. The molecular weight excluding hydrogens is 282 g/mol. The van der Waals surface area contributed by atoms with Gasteiger partial charge in [-0.3, -0.25) is 4.99 Å². The molecule has 0 atom stereocenters. The number of rotatable bonds is 4. The molecule has 0 saturated carbocycles. The van der Waals surface area contributed by atoms with Crippen LogP contribution in [0.3, 0.4) is 0 Å². The summed E-state index contributed by atoms with van der Waals surface area (Å²) in [4.78, 5) is 9.56. The Hall–Kier alpha value is -2.55. The Morgan fingerprint density at radius 1 is 0.913 bits per heavy atom. The van der Waals surface area contributed by atoms with E-state index in [1.54, 1.807) is 0 Å². The lowest BCUT2D eigenvalue weighted by Crippen LogP contribution is -2.49. The van der Waals surface area contributed by atoms with E-state index in [-0.39, 0.29) is 0 Å². The lowest BCUT2D eigenvalue weighted by molar-refractivity contribution is 0.385. The third-order valence-electron chi connectivity index (χ3n) is 4.10. The highest BCUT2D eigenvalue weighted by Gasteiger charge is 2.20. The van der Waals surface area contributed by atoms with Crippen LogP contribution < -0.4 is 4.90 Å². The number of nitrogens with zero attached hydrogens (tertiary/aromatic N) is 3. The van der Waals surface area contributed by atoms with Crippen molar-refractivity contribution in [2.45, 2.75) is 0 Å². The average molecular weight is 305 g/mol. The molecular formula is C20H23N3. The highest BCUT2D eigenvalue weighted by molar-refractivity contribution is 5.99. The normalized spacial score (nSPS) is 15.6. The van der Waals surface area contributed by atoms with E-state index in [9.17, 15) is 0 Å². The van der Waals surface area contributed by atoms with Crippen molar-refractivity contribution in [1.29, 1.82) is 0 Å². The van der Waals surface area contributed by atoms with E-state index >= 15 is 0 Å². The Morgan fingerprint density at radius 3 is 2.13 bits per heavy atom. The predicted molar refractivity (Wildman–Crippen MR) is 98.3 cm³/mol. The first-order chi connectivity index (χ1) is 11.4. The Bertz CT molecular complexity index is 641. The quantitative estimate of drug-likeness (QED) is 0.489. The highest BCUT2D eigenvalue weighted by atomic mass is 15.3. The summed E-state index contributed by atoms with van der Waals surface area (Å²) >= 11 is 0. The molecule has 0 spiro atoms. The summed E-state index contributed by atoms with van der Waals surface area (Å²) < 4.78 is 0. The van der Waals surface area contributed by atoms with Crippen LogP contribution in [0.1, 0.15) is 5.56 Å². The van der Waals surface area contributed by atoms with E-state index < -0.39 is 0 Å². The molecule has 1 heterocycles. The average Bonchev–Trinajstić information content (AvgIpc) is 2.64. The molecule has 3 rings (SSSR count). The number of hydrogen-bond acceptors (Lipinski definition) is 2. The molecule has 0 aliphatic carbocycles. The van der Waals surface area contributed by atoms with E-state index in [1.807, 2.05) is 12.1 Å². The van der Waals surface area contributed by atoms with E-state index in [2.05, 4.69) is 71.0 Å². The van der Waals surface area contributed by atoms with Crippen molar-refractivity contribution in [1.82, 2.24) is 4.90 Å². The van der Waals surface area contributed by atoms with E-state index in [0.29, 0.717) is 6.54 Å². The van der Waals surface area contributed by atoms with Crippen LogP contribution in [0.4, 0.5) is 5.69 Å². The Morgan fingerprint density at radius 2 is 1.52 bits per heavy atom. The Kier molecular flexibility index (Phi) is 5.09. The maximum absolute atomic E-state index is 4.74. The maximum Gasteiger partial charge on any atom is 0.131 e. The van der Waals surface area contributed by atoms with Gasteiger partial charge >= 0.3 is 0 Å². The lowest BCUT2D eigenvalue weighted by Gasteiger charge is -2.37. The van der Waals surface area contributed by atoms with Gasteiger partial charge in [-0.25, -0.2) is 0 Å². The van der Waals surface area contributed by atoms with Crippen LogP contribution in [0.25, 0.3) is 0 Å². The molecule has 0 N–H and O–H groups in total. The number of aliphatic imine (C=N–C) groups is 1. The van der Waals surface area contributed by atoms with Gasteiger partial charge in [0.05, 0.1) is 6.54 Å². The summed E-state index contributed by atoms with van der Waals surface area (Å²) in [5, 5.41) is 0. The number of hydrogen-bond donors (Lipinski definition) is 0. The first-order valence-corrected chi connectivity index (χ1v) is 8.14. The number of anilines is 1. The zero-order valence-corrected chi connectivity index (χ0v) is 13.4. The van der Waals surface area contributed by atoms with Gasteiger partial charge in [-0.2, -0.15) is 0 Å². The van der Waals surface area contributed by atoms with Gasteiger partial charge in [0.15, 0.2) is 0 Å². The second kappa shape index (κ2) is 7.63. The maximum atomic E-state index is 4.74. The van der Waals surface area contributed by atoms with Crippen molar-refractivity contribution in [3.8, 4) is 0 Å². The van der Waals surface area contributed by atoms with Crippen LogP contribution in [0.15, 0.2) is 78.3 Å². The molecule has 118 valence electrons. The van der Waals surface area contributed by atoms with Gasteiger partial charge < -0.3 is 9.80 Å². The van der Waals surface area contributed by atoms with Crippen molar-refractivity contribution in [3.63, 3.8) is 0 Å². The third kappa shape index (κ3) is 3.81. The van der Waals surface area contributed by atoms with Crippen LogP contribution in [-0.4, -0.2) is 43.5 Å². The van der Waals surface area contributed by atoms with E-state index in [1.165, 1.54) is 11.3 Å². The fourth-order valence-corrected chi connectivity index (χ4v) is 2.93. The minimum absolute atomic E-state index is 0.656. The third-order valence-corrected chi connectivity index (χ3v) is 4.10. The summed E-state index contributed by atoms with van der Waals surface area (Å²) in [7, 11) is 0. The molecule has 1 fully saturated rings. The topological polar surface area (TPSA) is 18.8 Å². The van der Waals surface area contributed by atoms with Crippen LogP contribution in [-0.2, 0) is 0 Å². The predicted octanol–water partition coefficient (Wildman–Crippen LogP) is 3.44. The van der Waals surface area contributed by atoms with Gasteiger partial charge in [0.1, 0.15) is 5.84 Å². The summed E-state index contributed by atoms with van der Waals surface area (Å²) in [6.45, 7) is 8.45. The summed E-state index contributed by atoms with van der Waals surface area (Å²) in [6, 6.07) is 21.1. The van der Waals surface area contributed by atoms with Gasteiger partial charge in [-0.15, -0.1) is 6.58 Å². The molecule has 0 aromatic heterocycles. The number of para-hydroxylation sites is 1. The highest BCUT2D eigenvalue weighted by Crippen LogP contribution is 2.17. The largest absolute Gasteiger partial charge is 0.368 e. The minimum Gasteiger partial charge on any atom is -0.368 e. The minimum atomic E-state index is 0.656. The van der Waals surface area contributed by atoms with Gasteiger partial charge in [0, 0.05) is 37.4 Å². The van der Waals surface area contributed by atoms with E-state index in [4.69, 9.17) is 4.99 Å². The number of piperazine rings is 1. The zero-order chi connectivity index (χ0) is 15.9. The molecule has 2 aromatic rings. The first-order valence-electron chi connectivity index (χ1n) is 8.14. The fourth-order valence-electron chi connectivity index (χ4n) is 2.93. The molecule has 0 radical (unpaired) electrons. The molecule has 23 heavy (non-hydrogen) atoms. The molecule has 0 unspecified atom stereocenters. The van der Waals surface area contributed by atoms with Gasteiger partial charge in [0.25, 0.3) is 0 Å². The van der Waals surface area contributed by atoms with Crippen LogP contribution >= 0.6 is 0 Å². The molecule has 1 aliphatic heterocycles. The SMILES string of the molecule is C=CCN=C(c1ccccc1)N1CCN(c2ccccc2)CC1. The Balaban J connectivity index is 1.72. The number of benzene rings is 2. The van der Waals surface area contributed by atoms with Crippen molar-refractivity contribution in [2.75, 3.05) is 37.6 Å². The van der Waals surface area contributed by atoms with Crippen LogP contribution in [0.2, 0.25) is 0 Å². The van der Waals surface area contributed by atoms with Crippen molar-refractivity contribution < 1.29 is 0 Å². The van der Waals surface area contributed by atoms with Gasteiger partial charge in [-0.1, -0.05) is 54.6 Å². The second-order valence-corrected chi connectivity index (χ2v) is 5.63. The smallest absolute Gasteiger partial charge is 0.131 e. The molecule has 0 amide bonds. The van der Waals surface area contributed by atoms with Crippen molar-refractivity contribution in [3.05, 3.63) is 78.9 Å². The summed E-state index contributed by atoms with van der Waals surface area (Å²) in [5.74, 6) is 1.08. The number of amidine groups is 1. The van der Waals surface area contributed by atoms with Crippen molar-refractivity contribution >= 4 is 11.5 Å². The van der Waals surface area contributed by atoms with Crippen LogP contribution in [0.5, 0.6) is 0 Å². The molecule has 1 saturated heterocycles. The molecule has 1 aliphatic rings. The lowest BCUT2D eigenvalue weighted by atomic mass is 10.1. The molecule has 3 heteroatoms. The van der Waals surface area contributed by atoms with Gasteiger partial charge in [0.2, 0.25) is 0 Å². The van der Waals surface area contributed by atoms with Crippen LogP contribution in [0, 0.1) is 0 Å². The van der Waals surface area contributed by atoms with Crippen molar-refractivity contribution in [2.24, 2.45) is 4.99 Å². The molecule has 3 nitrogen and oxygen atoms in total. The Labute approximate surface area is 138 Å². The van der Waals surface area contributed by atoms with Gasteiger partial charge in [-0.05, 0) is 12.1 Å². The fraction of sp³-hybridized carbons (Fsp3) is 0.250. The summed E-state index contributed by atoms with van der Waals surface area (Å²) in [6.07, 6.45) is 1.85. The second-order valence-electron chi connectivity index (χ2n) is 5.63.